The van der Waals surface area contributed by atoms with Gasteiger partial charge in [0.1, 0.15) is 0 Å². The standard InChI is InChI=1S/2C17H15O2.2C3H7.2CH3.Hf.H2Si/c2*1-18-14-9-13(10-15(11-14)19-2)17-8-4-6-12-5-3-7-16(12)17;2*1-3-2;;;;/h2*3-11H,1-2H3;2*3H,1-2H3;2*1H3;;1H2. The van der Waals surface area contributed by atoms with Crippen molar-refractivity contribution in [1.82, 2.24) is 0 Å². The molecule has 0 amide bonds. The maximum absolute atomic E-state index is 5.68. The second kappa shape index (κ2) is 10.8. The Labute approximate surface area is 283 Å². The number of allylic oxidation sites excluding steroid dienone is 2. The van der Waals surface area contributed by atoms with E-state index in [0.717, 1.165) is 34.1 Å². The van der Waals surface area contributed by atoms with Crippen molar-refractivity contribution in [2.24, 2.45) is 0 Å². The first-order valence-electron chi connectivity index (χ1n) is 17.2. The first-order valence-corrected chi connectivity index (χ1v) is 41.0. The normalized spacial score (nSPS) is 18.9. The molecule has 0 spiro atoms. The van der Waals surface area contributed by atoms with Gasteiger partial charge in [0.15, 0.2) is 0 Å². The molecule has 0 saturated heterocycles. The third kappa shape index (κ3) is 4.33. The van der Waals surface area contributed by atoms with Gasteiger partial charge in [0, 0.05) is 0 Å². The van der Waals surface area contributed by atoms with Crippen molar-refractivity contribution in [3.05, 3.63) is 107 Å². The molecule has 4 aromatic rings. The summed E-state index contributed by atoms with van der Waals surface area (Å²) in [5.74, 6) is 3.17. The fraction of sp³-hybridized carbons (Fsp3) is 0.333. The molecule has 2 atom stereocenters. The van der Waals surface area contributed by atoms with Crippen molar-refractivity contribution in [2.45, 2.75) is 51.8 Å². The molecule has 0 N–H and O–H groups in total. The summed E-state index contributed by atoms with van der Waals surface area (Å²) in [5, 5.41) is 0. The zero-order valence-electron chi connectivity index (χ0n) is 30.4. The summed E-state index contributed by atoms with van der Waals surface area (Å²) in [6.07, 6.45) is 10.0. The van der Waals surface area contributed by atoms with Crippen molar-refractivity contribution < 1.29 is 33.1 Å². The van der Waals surface area contributed by atoms with E-state index in [2.05, 4.69) is 129 Å². The van der Waals surface area contributed by atoms with Crippen LogP contribution in [-0.2, 0) is 14.2 Å². The van der Waals surface area contributed by atoms with E-state index < -0.39 is 14.2 Å². The van der Waals surface area contributed by atoms with Gasteiger partial charge in [-0.15, -0.1) is 0 Å². The zero-order valence-corrected chi connectivity index (χ0v) is 35.4. The summed E-state index contributed by atoms with van der Waals surface area (Å²) >= 11 is -5.35. The van der Waals surface area contributed by atoms with E-state index in [9.17, 15) is 0 Å². The Kier molecular flexibility index (Phi) is 7.78. The number of hydrogen-bond acceptors (Lipinski definition) is 4. The number of fused-ring (bicyclic) bond motifs is 2. The summed E-state index contributed by atoms with van der Waals surface area (Å²) in [6.45, 7) is 12.6. The maximum atomic E-state index is 5.68. The van der Waals surface area contributed by atoms with Crippen molar-refractivity contribution in [3.63, 3.8) is 0 Å². The van der Waals surface area contributed by atoms with Crippen LogP contribution in [0.15, 0.2) is 84.9 Å². The van der Waals surface area contributed by atoms with Crippen molar-refractivity contribution >= 4 is 19.1 Å². The molecule has 4 nitrogen and oxygen atoms in total. The topological polar surface area (TPSA) is 36.9 Å². The molecule has 2 aliphatic carbocycles. The van der Waals surface area contributed by atoms with Crippen LogP contribution in [0.25, 0.3) is 34.4 Å². The molecule has 2 aliphatic rings. The van der Waals surface area contributed by atoms with E-state index in [4.69, 9.17) is 18.9 Å². The average molecular weight is 827 g/mol. The predicted octanol–water partition coefficient (Wildman–Crippen LogP) is 11.0. The first kappa shape index (κ1) is 34.5. The van der Waals surface area contributed by atoms with Gasteiger partial charge in [0.25, 0.3) is 0 Å². The van der Waals surface area contributed by atoms with Gasteiger partial charge in [-0.3, -0.25) is 0 Å². The Bertz CT molecular complexity index is 1950. The summed E-state index contributed by atoms with van der Waals surface area (Å²) in [7, 11) is 6.85. The Hall–Kier alpha value is -3.35. The number of ether oxygens (including phenoxy) is 4. The molecular formula is C42H52HfO4Si. The van der Waals surface area contributed by atoms with Crippen LogP contribution in [0.4, 0.5) is 0 Å². The zero-order chi connectivity index (χ0) is 34.8. The van der Waals surface area contributed by atoms with Crippen molar-refractivity contribution in [3.8, 4) is 45.3 Å². The van der Waals surface area contributed by atoms with Gasteiger partial charge in [0.2, 0.25) is 0 Å². The van der Waals surface area contributed by atoms with E-state index >= 15 is 0 Å². The van der Waals surface area contributed by atoms with Crippen LogP contribution in [0, 0.1) is 0 Å². The molecule has 0 fully saturated rings. The minimum atomic E-state index is -5.35. The fourth-order valence-electron chi connectivity index (χ4n) is 9.63. The Morgan fingerprint density at radius 3 is 1.17 bits per heavy atom. The molecule has 252 valence electrons. The molecular weight excluding hydrogens is 775 g/mol. The van der Waals surface area contributed by atoms with Gasteiger partial charge in [-0.05, 0) is 0 Å². The molecule has 0 heterocycles. The quantitative estimate of drug-likeness (QED) is 0.149. The second-order valence-electron chi connectivity index (χ2n) is 17.1. The van der Waals surface area contributed by atoms with Gasteiger partial charge >= 0.3 is 285 Å². The third-order valence-corrected chi connectivity index (χ3v) is 95.9. The summed E-state index contributed by atoms with van der Waals surface area (Å²) in [5.41, 5.74) is 10.1. The molecule has 0 saturated carbocycles. The summed E-state index contributed by atoms with van der Waals surface area (Å²) in [6, 6.07) is 26.2. The van der Waals surface area contributed by atoms with Crippen molar-refractivity contribution in [2.75, 3.05) is 28.4 Å². The van der Waals surface area contributed by atoms with Crippen molar-refractivity contribution in [1.29, 1.82) is 0 Å². The molecule has 4 aromatic carbocycles. The van der Waals surface area contributed by atoms with Gasteiger partial charge in [-0.1, -0.05) is 0 Å². The van der Waals surface area contributed by atoms with E-state index in [-0.39, 0.29) is 7.35 Å². The fourth-order valence-corrected chi connectivity index (χ4v) is 50.5. The van der Waals surface area contributed by atoms with Gasteiger partial charge in [-0.25, -0.2) is 0 Å². The molecule has 48 heavy (non-hydrogen) atoms. The van der Waals surface area contributed by atoms with Gasteiger partial charge in [-0.2, -0.15) is 0 Å². The molecule has 2 unspecified atom stereocenters. The van der Waals surface area contributed by atoms with Crippen LogP contribution in [-0.4, -0.2) is 35.4 Å². The van der Waals surface area contributed by atoms with Gasteiger partial charge in [0.05, 0.1) is 0 Å². The monoisotopic (exact) mass is 828 g/mol. The van der Waals surface area contributed by atoms with Gasteiger partial charge < -0.3 is 0 Å². The van der Waals surface area contributed by atoms with Crippen LogP contribution in [0.1, 0.15) is 57.3 Å². The molecule has 0 bridgehead atoms. The molecule has 6 rings (SSSR count). The van der Waals surface area contributed by atoms with Crippen LogP contribution in [0.3, 0.4) is 0 Å². The summed E-state index contributed by atoms with van der Waals surface area (Å²) < 4.78 is 29.8. The molecule has 0 aromatic heterocycles. The van der Waals surface area contributed by atoms with E-state index in [1.165, 1.54) is 33.4 Å². The number of hydrogen-bond donors (Lipinski definition) is 0. The molecule has 0 aliphatic heterocycles. The molecule has 6 heteroatoms. The second-order valence-corrected chi connectivity index (χ2v) is 93.2. The summed E-state index contributed by atoms with van der Waals surface area (Å²) in [4.78, 5) is 0. The number of benzene rings is 4. The number of methoxy groups -OCH3 is 4. The van der Waals surface area contributed by atoms with Crippen LogP contribution < -0.4 is 18.9 Å². The third-order valence-electron chi connectivity index (χ3n) is 15.1. The number of rotatable bonds is 10. The van der Waals surface area contributed by atoms with E-state index in [1.807, 2.05) is 12.1 Å². The van der Waals surface area contributed by atoms with Crippen LogP contribution >= 0.6 is 0 Å². The Morgan fingerprint density at radius 2 is 0.875 bits per heavy atom. The predicted molar refractivity (Wildman–Crippen MR) is 204 cm³/mol. The Morgan fingerprint density at radius 1 is 0.542 bits per heavy atom. The van der Waals surface area contributed by atoms with E-state index in [0.29, 0.717) is 7.35 Å². The first-order chi connectivity index (χ1) is 22.6. The van der Waals surface area contributed by atoms with Crippen LogP contribution in [0.5, 0.6) is 23.0 Å². The van der Waals surface area contributed by atoms with Crippen LogP contribution in [0.2, 0.25) is 16.7 Å². The molecule has 0 radical (unpaired) electrons. The van der Waals surface area contributed by atoms with E-state index in [1.54, 1.807) is 28.4 Å². The average Bonchev–Trinajstić information content (AvgIpc) is 3.75. The SMILES string of the molecule is COc1cc(OC)cc(-c2cccc3c2C=C[CH]3[Hf]([CH3])([CH3])(=[SiH2])([CH](C)C)([CH](C)C)[CH]2C=Cc3c(-c4cc(OC)cc(OC)c4)cccc32)c1. The Balaban J connectivity index is 1.61. The minimum absolute atomic E-state index is 0.288.